The minimum atomic E-state index is -2.91. The Morgan fingerprint density at radius 1 is 1.08 bits per heavy atom. The Kier molecular flexibility index (Phi) is 6.27. The smallest absolute Gasteiger partial charge is 0.387 e. The molecule has 0 heterocycles. The number of anilines is 1. The molecule has 1 amide bonds. The zero-order chi connectivity index (χ0) is 18.2. The van der Waals surface area contributed by atoms with E-state index in [4.69, 9.17) is 4.74 Å². The number of hydrogen-bond acceptors (Lipinski definition) is 5. The van der Waals surface area contributed by atoms with E-state index < -0.39 is 18.5 Å². The minimum absolute atomic E-state index is 0.0103. The summed E-state index contributed by atoms with van der Waals surface area (Å²) in [4.78, 5) is 23.3. The average Bonchev–Trinajstić information content (AvgIpc) is 2.61. The number of carbonyl (C=O) groups excluding carboxylic acids is 2. The molecule has 25 heavy (non-hydrogen) atoms. The van der Waals surface area contributed by atoms with Crippen LogP contribution < -0.4 is 14.8 Å². The molecule has 0 bridgehead atoms. The van der Waals surface area contributed by atoms with Gasteiger partial charge in [0.2, 0.25) is 0 Å². The summed E-state index contributed by atoms with van der Waals surface area (Å²) in [5.74, 6) is -0.644. The maximum Gasteiger partial charge on any atom is 0.387 e. The van der Waals surface area contributed by atoms with Gasteiger partial charge in [0.1, 0.15) is 11.5 Å². The molecule has 0 aliphatic heterocycles. The number of halogens is 2. The number of carbonyl (C=O) groups is 2. The number of nitrogens with one attached hydrogen (secondary N) is 1. The van der Waals surface area contributed by atoms with Crippen molar-refractivity contribution in [3.8, 4) is 11.5 Å². The van der Waals surface area contributed by atoms with Crippen LogP contribution in [0.4, 0.5) is 14.5 Å². The summed E-state index contributed by atoms with van der Waals surface area (Å²) in [6.45, 7) is -3.20. The lowest BCUT2D eigenvalue weighted by Gasteiger charge is -2.09. The second-order valence-corrected chi connectivity index (χ2v) is 4.76. The van der Waals surface area contributed by atoms with Crippen molar-refractivity contribution >= 4 is 17.6 Å². The molecule has 2 aromatic rings. The van der Waals surface area contributed by atoms with Gasteiger partial charge in [-0.05, 0) is 42.5 Å². The quantitative estimate of drug-likeness (QED) is 0.776. The molecule has 0 atom stereocenters. The summed E-state index contributed by atoms with van der Waals surface area (Å²) in [5, 5.41) is 2.54. The fraction of sp³-hybridized carbons (Fsp3) is 0.176. The number of rotatable bonds is 7. The molecule has 0 saturated heterocycles. The number of benzene rings is 2. The van der Waals surface area contributed by atoms with E-state index in [-0.39, 0.29) is 12.4 Å². The summed E-state index contributed by atoms with van der Waals surface area (Å²) in [6.07, 6.45) is 0. The minimum Gasteiger partial charge on any atom is -0.484 e. The summed E-state index contributed by atoms with van der Waals surface area (Å²) >= 11 is 0. The number of hydrogen-bond donors (Lipinski definition) is 1. The lowest BCUT2D eigenvalue weighted by molar-refractivity contribution is -0.118. The molecule has 0 unspecified atom stereocenters. The van der Waals surface area contributed by atoms with Gasteiger partial charge < -0.3 is 19.5 Å². The molecule has 0 saturated carbocycles. The van der Waals surface area contributed by atoms with Gasteiger partial charge in [-0.15, -0.1) is 0 Å². The van der Waals surface area contributed by atoms with Gasteiger partial charge in [0.05, 0.1) is 12.7 Å². The molecule has 2 rings (SSSR count). The summed E-state index contributed by atoms with van der Waals surface area (Å²) in [6, 6.07) is 11.7. The average molecular weight is 351 g/mol. The predicted octanol–water partition coefficient (Wildman–Crippen LogP) is 3.09. The fourth-order valence-electron chi connectivity index (χ4n) is 1.90. The van der Waals surface area contributed by atoms with Crippen LogP contribution in [0, 0.1) is 0 Å². The van der Waals surface area contributed by atoms with Gasteiger partial charge in [-0.25, -0.2) is 4.79 Å². The number of alkyl halides is 2. The van der Waals surface area contributed by atoms with Crippen LogP contribution in [0.5, 0.6) is 11.5 Å². The van der Waals surface area contributed by atoms with Crippen LogP contribution in [-0.4, -0.2) is 32.2 Å². The highest BCUT2D eigenvalue weighted by molar-refractivity contribution is 5.92. The maximum atomic E-state index is 12.1. The van der Waals surface area contributed by atoms with Gasteiger partial charge in [0.15, 0.2) is 6.61 Å². The summed E-state index contributed by atoms with van der Waals surface area (Å²) < 4.78 is 38.2. The van der Waals surface area contributed by atoms with Crippen LogP contribution >= 0.6 is 0 Å². The Hall–Kier alpha value is -3.16. The maximum absolute atomic E-state index is 12.1. The molecular weight excluding hydrogens is 336 g/mol. The highest BCUT2D eigenvalue weighted by Crippen LogP contribution is 2.18. The van der Waals surface area contributed by atoms with Crippen LogP contribution in [0.1, 0.15) is 10.4 Å². The van der Waals surface area contributed by atoms with Crippen LogP contribution in [0.3, 0.4) is 0 Å². The van der Waals surface area contributed by atoms with Gasteiger partial charge in [-0.3, -0.25) is 4.79 Å². The molecule has 0 aromatic heterocycles. The lowest BCUT2D eigenvalue weighted by atomic mass is 10.2. The van der Waals surface area contributed by atoms with Crippen molar-refractivity contribution in [2.45, 2.75) is 6.61 Å². The Morgan fingerprint density at radius 2 is 1.80 bits per heavy atom. The molecule has 0 fully saturated rings. The molecule has 6 nitrogen and oxygen atoms in total. The molecule has 1 N–H and O–H groups in total. The Bertz CT molecular complexity index is 734. The standard InChI is InChI=1S/C17H15F2NO5/c1-23-16(22)11-3-2-4-14(9-11)24-10-15(21)20-12-5-7-13(8-6-12)25-17(18)19/h2-9,17H,10H2,1H3,(H,20,21). The second-order valence-electron chi connectivity index (χ2n) is 4.76. The molecule has 0 radical (unpaired) electrons. The molecule has 2 aromatic carbocycles. The van der Waals surface area contributed by atoms with E-state index in [0.717, 1.165) is 0 Å². The predicted molar refractivity (Wildman–Crippen MR) is 85.0 cm³/mol. The van der Waals surface area contributed by atoms with Gasteiger partial charge in [0, 0.05) is 5.69 Å². The van der Waals surface area contributed by atoms with Crippen molar-refractivity contribution in [1.82, 2.24) is 0 Å². The Labute approximate surface area is 142 Å². The summed E-state index contributed by atoms with van der Waals surface area (Å²) in [7, 11) is 1.26. The number of esters is 1. The zero-order valence-corrected chi connectivity index (χ0v) is 13.2. The van der Waals surface area contributed by atoms with Gasteiger partial charge in [-0.2, -0.15) is 8.78 Å². The SMILES string of the molecule is COC(=O)c1cccc(OCC(=O)Nc2ccc(OC(F)F)cc2)c1. The fourth-order valence-corrected chi connectivity index (χ4v) is 1.90. The molecule has 132 valence electrons. The largest absolute Gasteiger partial charge is 0.484 e. The van der Waals surface area contributed by atoms with Crippen molar-refractivity contribution in [2.75, 3.05) is 19.0 Å². The number of amides is 1. The lowest BCUT2D eigenvalue weighted by Crippen LogP contribution is -2.20. The first kappa shape index (κ1) is 18.2. The topological polar surface area (TPSA) is 73.9 Å². The molecule has 0 aliphatic carbocycles. The Morgan fingerprint density at radius 3 is 2.44 bits per heavy atom. The van der Waals surface area contributed by atoms with Crippen LogP contribution in [0.2, 0.25) is 0 Å². The first-order valence-electron chi connectivity index (χ1n) is 7.14. The van der Waals surface area contributed by atoms with Crippen molar-refractivity contribution < 1.29 is 32.6 Å². The van der Waals surface area contributed by atoms with Gasteiger partial charge in [-0.1, -0.05) is 6.07 Å². The highest BCUT2D eigenvalue weighted by Gasteiger charge is 2.09. The van der Waals surface area contributed by atoms with E-state index in [2.05, 4.69) is 14.8 Å². The first-order chi connectivity index (χ1) is 12.0. The van der Waals surface area contributed by atoms with Crippen molar-refractivity contribution in [3.63, 3.8) is 0 Å². The molecular formula is C17H15F2NO5. The van der Waals surface area contributed by atoms with E-state index in [0.29, 0.717) is 17.0 Å². The second kappa shape index (κ2) is 8.62. The summed E-state index contributed by atoms with van der Waals surface area (Å²) in [5.41, 5.74) is 0.702. The third-order valence-corrected chi connectivity index (χ3v) is 2.99. The van der Waals surface area contributed by atoms with E-state index in [1.807, 2.05) is 0 Å². The van der Waals surface area contributed by atoms with Crippen LogP contribution in [-0.2, 0) is 9.53 Å². The van der Waals surface area contributed by atoms with E-state index in [1.54, 1.807) is 18.2 Å². The van der Waals surface area contributed by atoms with Crippen LogP contribution in [0.25, 0.3) is 0 Å². The van der Waals surface area contributed by atoms with Crippen LogP contribution in [0.15, 0.2) is 48.5 Å². The normalized spacial score (nSPS) is 10.2. The molecule has 0 aliphatic rings. The number of ether oxygens (including phenoxy) is 3. The zero-order valence-electron chi connectivity index (χ0n) is 13.2. The van der Waals surface area contributed by atoms with Crippen molar-refractivity contribution in [2.24, 2.45) is 0 Å². The van der Waals surface area contributed by atoms with E-state index in [1.165, 1.54) is 37.4 Å². The van der Waals surface area contributed by atoms with E-state index >= 15 is 0 Å². The third-order valence-electron chi connectivity index (χ3n) is 2.99. The van der Waals surface area contributed by atoms with Crippen molar-refractivity contribution in [3.05, 3.63) is 54.1 Å². The highest BCUT2D eigenvalue weighted by atomic mass is 19.3. The van der Waals surface area contributed by atoms with Crippen molar-refractivity contribution in [1.29, 1.82) is 0 Å². The van der Waals surface area contributed by atoms with Gasteiger partial charge >= 0.3 is 12.6 Å². The monoisotopic (exact) mass is 351 g/mol. The Balaban J connectivity index is 1.87. The number of methoxy groups -OCH3 is 1. The van der Waals surface area contributed by atoms with E-state index in [9.17, 15) is 18.4 Å². The molecule has 0 spiro atoms. The third kappa shape index (κ3) is 5.76. The first-order valence-corrected chi connectivity index (χ1v) is 7.14. The van der Waals surface area contributed by atoms with Gasteiger partial charge in [0.25, 0.3) is 5.91 Å². The molecule has 8 heteroatoms.